The monoisotopic (exact) mass is 296 g/mol. The average Bonchev–Trinajstić information content (AvgIpc) is 2.95. The Kier molecular flexibility index (Phi) is 3.84. The SMILES string of the molecule is CC1COC2C(CS(=O)(=O)Cc3ccccc3)COC12. The normalized spacial score (nSPS) is 33.2. The number of rotatable bonds is 4. The molecule has 4 atom stereocenters. The van der Waals surface area contributed by atoms with Crippen LogP contribution in [-0.2, 0) is 25.1 Å². The minimum Gasteiger partial charge on any atom is -0.375 e. The van der Waals surface area contributed by atoms with Crippen LogP contribution in [0.2, 0.25) is 0 Å². The highest BCUT2D eigenvalue weighted by molar-refractivity contribution is 7.90. The van der Waals surface area contributed by atoms with Crippen LogP contribution in [0.5, 0.6) is 0 Å². The topological polar surface area (TPSA) is 52.6 Å². The van der Waals surface area contributed by atoms with Crippen LogP contribution in [0.3, 0.4) is 0 Å². The smallest absolute Gasteiger partial charge is 0.154 e. The fourth-order valence-corrected chi connectivity index (χ4v) is 4.88. The maximum absolute atomic E-state index is 12.3. The number of sulfone groups is 1. The van der Waals surface area contributed by atoms with Crippen LogP contribution in [-0.4, -0.2) is 39.6 Å². The molecule has 0 amide bonds. The first-order valence-corrected chi connectivity index (χ1v) is 8.85. The van der Waals surface area contributed by atoms with E-state index < -0.39 is 9.84 Å². The molecule has 0 spiro atoms. The lowest BCUT2D eigenvalue weighted by atomic mass is 9.99. The summed E-state index contributed by atoms with van der Waals surface area (Å²) in [6.07, 6.45) is 0.0301. The summed E-state index contributed by atoms with van der Waals surface area (Å²) in [7, 11) is -3.13. The largest absolute Gasteiger partial charge is 0.375 e. The molecular formula is C15H20O4S. The average molecular weight is 296 g/mol. The standard InChI is InChI=1S/C15H20O4S/c1-11-7-18-15-13(8-19-14(11)15)10-20(16,17)9-12-5-3-2-4-6-12/h2-6,11,13-15H,7-10H2,1H3. The van der Waals surface area contributed by atoms with Crippen LogP contribution in [0, 0.1) is 11.8 Å². The van der Waals surface area contributed by atoms with Crippen LogP contribution >= 0.6 is 0 Å². The Morgan fingerprint density at radius 2 is 1.80 bits per heavy atom. The molecule has 5 heteroatoms. The van der Waals surface area contributed by atoms with Crippen molar-refractivity contribution in [2.45, 2.75) is 24.9 Å². The Labute approximate surface area is 120 Å². The molecular weight excluding hydrogens is 276 g/mol. The molecule has 2 aliphatic heterocycles. The van der Waals surface area contributed by atoms with Gasteiger partial charge in [0, 0.05) is 11.8 Å². The summed E-state index contributed by atoms with van der Waals surface area (Å²) in [4.78, 5) is 0. The lowest BCUT2D eigenvalue weighted by Gasteiger charge is -2.16. The van der Waals surface area contributed by atoms with E-state index in [2.05, 4.69) is 6.92 Å². The summed E-state index contributed by atoms with van der Waals surface area (Å²) >= 11 is 0. The molecule has 0 N–H and O–H groups in total. The summed E-state index contributed by atoms with van der Waals surface area (Å²) in [5.74, 6) is 0.577. The maximum Gasteiger partial charge on any atom is 0.154 e. The molecule has 20 heavy (non-hydrogen) atoms. The third-order valence-corrected chi connectivity index (χ3v) is 5.81. The minimum atomic E-state index is -3.13. The second-order valence-corrected chi connectivity index (χ2v) is 7.98. The van der Waals surface area contributed by atoms with Gasteiger partial charge >= 0.3 is 0 Å². The first-order valence-electron chi connectivity index (χ1n) is 7.03. The Morgan fingerprint density at radius 3 is 2.55 bits per heavy atom. The van der Waals surface area contributed by atoms with E-state index in [9.17, 15) is 8.42 Å². The lowest BCUT2D eigenvalue weighted by molar-refractivity contribution is 0.0628. The van der Waals surface area contributed by atoms with E-state index in [-0.39, 0.29) is 29.6 Å². The zero-order valence-electron chi connectivity index (χ0n) is 11.6. The predicted octanol–water partition coefficient (Wildman–Crippen LogP) is 1.65. The lowest BCUT2D eigenvalue weighted by Crippen LogP contribution is -2.30. The highest BCUT2D eigenvalue weighted by Crippen LogP contribution is 2.35. The number of hydrogen-bond acceptors (Lipinski definition) is 4. The van der Waals surface area contributed by atoms with Gasteiger partial charge in [-0.15, -0.1) is 0 Å². The fraction of sp³-hybridized carbons (Fsp3) is 0.600. The van der Waals surface area contributed by atoms with E-state index in [1.807, 2.05) is 30.3 Å². The van der Waals surface area contributed by atoms with Crippen molar-refractivity contribution in [1.82, 2.24) is 0 Å². The van der Waals surface area contributed by atoms with Crippen molar-refractivity contribution in [2.75, 3.05) is 19.0 Å². The number of ether oxygens (including phenoxy) is 2. The zero-order valence-corrected chi connectivity index (χ0v) is 12.4. The summed E-state index contributed by atoms with van der Waals surface area (Å²) in [5.41, 5.74) is 0.837. The highest BCUT2D eigenvalue weighted by Gasteiger charge is 2.46. The van der Waals surface area contributed by atoms with Gasteiger partial charge in [0.05, 0.1) is 36.9 Å². The Balaban J connectivity index is 1.65. The number of fused-ring (bicyclic) bond motifs is 1. The van der Waals surface area contributed by atoms with E-state index in [1.54, 1.807) is 0 Å². The minimum absolute atomic E-state index is 0.0290. The number of hydrogen-bond donors (Lipinski definition) is 0. The summed E-state index contributed by atoms with van der Waals surface area (Å²) in [5, 5.41) is 0. The second kappa shape index (κ2) is 5.47. The third-order valence-electron chi connectivity index (χ3n) is 4.10. The first-order chi connectivity index (χ1) is 9.55. The van der Waals surface area contributed by atoms with Gasteiger partial charge in [0.15, 0.2) is 9.84 Å². The van der Waals surface area contributed by atoms with E-state index in [4.69, 9.17) is 9.47 Å². The molecule has 110 valence electrons. The van der Waals surface area contributed by atoms with Crippen LogP contribution in [0.25, 0.3) is 0 Å². The molecule has 0 radical (unpaired) electrons. The van der Waals surface area contributed by atoms with Crippen molar-refractivity contribution in [3.05, 3.63) is 35.9 Å². The molecule has 0 saturated carbocycles. The molecule has 0 aliphatic carbocycles. The molecule has 1 aromatic carbocycles. The van der Waals surface area contributed by atoms with Gasteiger partial charge in [-0.1, -0.05) is 37.3 Å². The summed E-state index contributed by atoms with van der Waals surface area (Å²) in [6.45, 7) is 3.25. The molecule has 0 aromatic heterocycles. The Morgan fingerprint density at radius 1 is 1.10 bits per heavy atom. The Hall–Kier alpha value is -0.910. The quantitative estimate of drug-likeness (QED) is 0.848. The van der Waals surface area contributed by atoms with Crippen molar-refractivity contribution in [2.24, 2.45) is 11.8 Å². The van der Waals surface area contributed by atoms with Gasteiger partial charge in [0.2, 0.25) is 0 Å². The van der Waals surface area contributed by atoms with Gasteiger partial charge < -0.3 is 9.47 Å². The molecule has 2 heterocycles. The van der Waals surface area contributed by atoms with Gasteiger partial charge in [0.25, 0.3) is 0 Å². The Bertz CT molecular complexity index is 554. The predicted molar refractivity (Wildman–Crippen MR) is 76.1 cm³/mol. The van der Waals surface area contributed by atoms with Crippen molar-refractivity contribution in [1.29, 1.82) is 0 Å². The molecule has 2 fully saturated rings. The van der Waals surface area contributed by atoms with Crippen LogP contribution in [0.15, 0.2) is 30.3 Å². The van der Waals surface area contributed by atoms with Crippen molar-refractivity contribution < 1.29 is 17.9 Å². The maximum atomic E-state index is 12.3. The van der Waals surface area contributed by atoms with Crippen LogP contribution in [0.4, 0.5) is 0 Å². The van der Waals surface area contributed by atoms with E-state index in [1.165, 1.54) is 0 Å². The van der Waals surface area contributed by atoms with Crippen molar-refractivity contribution in [3.63, 3.8) is 0 Å². The molecule has 2 saturated heterocycles. The van der Waals surface area contributed by atoms with E-state index in [0.29, 0.717) is 19.1 Å². The van der Waals surface area contributed by atoms with Crippen molar-refractivity contribution >= 4 is 9.84 Å². The van der Waals surface area contributed by atoms with E-state index in [0.717, 1.165) is 5.56 Å². The summed E-state index contributed by atoms with van der Waals surface area (Å²) < 4.78 is 36.0. The molecule has 4 nitrogen and oxygen atoms in total. The molecule has 3 rings (SSSR count). The highest BCUT2D eigenvalue weighted by atomic mass is 32.2. The molecule has 0 bridgehead atoms. The third kappa shape index (κ3) is 2.90. The van der Waals surface area contributed by atoms with Gasteiger partial charge in [-0.3, -0.25) is 0 Å². The van der Waals surface area contributed by atoms with Gasteiger partial charge in [-0.05, 0) is 5.56 Å². The van der Waals surface area contributed by atoms with Gasteiger partial charge in [-0.25, -0.2) is 8.42 Å². The fourth-order valence-electron chi connectivity index (χ4n) is 3.13. The van der Waals surface area contributed by atoms with Crippen molar-refractivity contribution in [3.8, 4) is 0 Å². The molecule has 2 aliphatic rings. The first kappa shape index (κ1) is 14.0. The van der Waals surface area contributed by atoms with Crippen LogP contribution in [0.1, 0.15) is 12.5 Å². The molecule has 4 unspecified atom stereocenters. The van der Waals surface area contributed by atoms with Gasteiger partial charge in [-0.2, -0.15) is 0 Å². The zero-order chi connectivity index (χ0) is 14.2. The summed E-state index contributed by atoms with van der Waals surface area (Å²) in [6, 6.07) is 9.31. The van der Waals surface area contributed by atoms with Crippen LogP contribution < -0.4 is 0 Å². The van der Waals surface area contributed by atoms with Gasteiger partial charge in [0.1, 0.15) is 0 Å². The molecule has 1 aromatic rings. The van der Waals surface area contributed by atoms with E-state index >= 15 is 0 Å². The number of benzene rings is 1. The second-order valence-electron chi connectivity index (χ2n) is 5.87.